The average molecular weight is 411 g/mol. The molecule has 2 aromatic rings. The van der Waals surface area contributed by atoms with Crippen molar-refractivity contribution in [1.29, 1.82) is 0 Å². The fourth-order valence-corrected chi connectivity index (χ4v) is 2.94. The Kier molecular flexibility index (Phi) is 7.15. The van der Waals surface area contributed by atoms with Crippen LogP contribution in [0.3, 0.4) is 0 Å². The van der Waals surface area contributed by atoms with Crippen LogP contribution >= 0.6 is 23.2 Å². The van der Waals surface area contributed by atoms with Crippen LogP contribution in [0.15, 0.2) is 42.5 Å². The zero-order valence-corrected chi connectivity index (χ0v) is 15.8. The van der Waals surface area contributed by atoms with E-state index in [1.807, 2.05) is 0 Å². The Morgan fingerprint density at radius 2 is 1.96 bits per heavy atom. The number of carbonyl (C=O) groups excluding carboxylic acids is 2. The zero-order valence-electron chi connectivity index (χ0n) is 14.3. The number of amides is 1. The van der Waals surface area contributed by atoms with E-state index >= 15 is 0 Å². The molecule has 1 amide bonds. The first kappa shape index (κ1) is 20.7. The van der Waals surface area contributed by atoms with E-state index in [9.17, 15) is 19.7 Å². The molecule has 0 fully saturated rings. The van der Waals surface area contributed by atoms with Crippen LogP contribution in [0.2, 0.25) is 10.0 Å². The normalized spacial score (nSPS) is 11.5. The fraction of sp³-hybridized carbons (Fsp3) is 0.222. The molecule has 0 aliphatic heterocycles. The van der Waals surface area contributed by atoms with Crippen LogP contribution in [0.5, 0.6) is 0 Å². The summed E-state index contributed by atoms with van der Waals surface area (Å²) in [5.41, 5.74) is 0.958. The van der Waals surface area contributed by atoms with Crippen molar-refractivity contribution in [3.63, 3.8) is 0 Å². The average Bonchev–Trinajstić information content (AvgIpc) is 2.62. The summed E-state index contributed by atoms with van der Waals surface area (Å²) in [5.74, 6) is -1.11. The highest BCUT2D eigenvalue weighted by molar-refractivity contribution is 6.35. The number of methoxy groups -OCH3 is 1. The number of esters is 1. The summed E-state index contributed by atoms with van der Waals surface area (Å²) < 4.78 is 4.74. The number of nitro groups is 1. The standard InChI is InChI=1S/C18H16Cl2N2O5/c1-27-18(24)16(9-12-5-6-13(19)10-15(12)20)21-17(23)8-11-3-2-4-14(7-11)22(25)26/h2-7,10,16H,8-9H2,1H3,(H,21,23)/t16-/m1/s1. The van der Waals surface area contributed by atoms with E-state index < -0.39 is 22.8 Å². The van der Waals surface area contributed by atoms with Crippen LogP contribution < -0.4 is 5.32 Å². The van der Waals surface area contributed by atoms with Gasteiger partial charge in [-0.15, -0.1) is 0 Å². The molecule has 142 valence electrons. The zero-order chi connectivity index (χ0) is 20.0. The maximum atomic E-state index is 12.3. The van der Waals surface area contributed by atoms with Crippen LogP contribution in [-0.4, -0.2) is 30.0 Å². The van der Waals surface area contributed by atoms with Crippen molar-refractivity contribution in [3.8, 4) is 0 Å². The number of ether oxygens (including phenoxy) is 1. The fourth-order valence-electron chi connectivity index (χ4n) is 2.45. The second-order valence-electron chi connectivity index (χ2n) is 5.69. The highest BCUT2D eigenvalue weighted by Gasteiger charge is 2.23. The molecule has 0 spiro atoms. The largest absolute Gasteiger partial charge is 0.467 e. The molecule has 1 N–H and O–H groups in total. The summed E-state index contributed by atoms with van der Waals surface area (Å²) in [6, 6.07) is 9.60. The number of carbonyl (C=O) groups is 2. The molecule has 0 aromatic heterocycles. The highest BCUT2D eigenvalue weighted by atomic mass is 35.5. The minimum atomic E-state index is -0.958. The van der Waals surface area contributed by atoms with Crippen molar-refractivity contribution in [2.24, 2.45) is 0 Å². The minimum absolute atomic E-state index is 0.113. The Morgan fingerprint density at radius 3 is 2.59 bits per heavy atom. The monoisotopic (exact) mass is 410 g/mol. The van der Waals surface area contributed by atoms with Crippen LogP contribution in [0.25, 0.3) is 0 Å². The van der Waals surface area contributed by atoms with E-state index in [1.165, 1.54) is 31.4 Å². The van der Waals surface area contributed by atoms with Crippen LogP contribution in [0, 0.1) is 10.1 Å². The number of hydrogen-bond acceptors (Lipinski definition) is 5. The number of hydrogen-bond donors (Lipinski definition) is 1. The van der Waals surface area contributed by atoms with E-state index in [0.717, 1.165) is 0 Å². The van der Waals surface area contributed by atoms with Crippen LogP contribution in [-0.2, 0) is 27.2 Å². The summed E-state index contributed by atoms with van der Waals surface area (Å²) in [4.78, 5) is 34.6. The van der Waals surface area contributed by atoms with Gasteiger partial charge in [-0.2, -0.15) is 0 Å². The highest BCUT2D eigenvalue weighted by Crippen LogP contribution is 2.22. The molecular formula is C18H16Cl2N2O5. The molecule has 0 unspecified atom stereocenters. The Balaban J connectivity index is 2.11. The van der Waals surface area contributed by atoms with E-state index in [4.69, 9.17) is 27.9 Å². The molecule has 0 radical (unpaired) electrons. The molecule has 0 aliphatic carbocycles. The first-order valence-electron chi connectivity index (χ1n) is 7.84. The van der Waals surface area contributed by atoms with Crippen molar-refractivity contribution in [3.05, 3.63) is 73.8 Å². The molecule has 0 aliphatic rings. The number of non-ortho nitro benzene ring substituents is 1. The molecule has 9 heteroatoms. The molecular weight excluding hydrogens is 395 g/mol. The third-order valence-corrected chi connectivity index (χ3v) is 4.33. The molecule has 7 nitrogen and oxygen atoms in total. The van der Waals surface area contributed by atoms with E-state index in [0.29, 0.717) is 21.2 Å². The van der Waals surface area contributed by atoms with Gasteiger partial charge in [0, 0.05) is 28.6 Å². The van der Waals surface area contributed by atoms with E-state index in [1.54, 1.807) is 18.2 Å². The summed E-state index contributed by atoms with van der Waals surface area (Å²) in [6.07, 6.45) is -0.00707. The number of halogens is 2. The lowest BCUT2D eigenvalue weighted by Gasteiger charge is -2.17. The number of nitrogens with one attached hydrogen (secondary N) is 1. The van der Waals surface area contributed by atoms with Gasteiger partial charge in [-0.1, -0.05) is 41.4 Å². The van der Waals surface area contributed by atoms with Gasteiger partial charge in [0.2, 0.25) is 5.91 Å². The Labute approximate surface area is 165 Å². The Morgan fingerprint density at radius 1 is 1.22 bits per heavy atom. The van der Waals surface area contributed by atoms with Crippen molar-refractivity contribution in [2.75, 3.05) is 7.11 Å². The third-order valence-electron chi connectivity index (χ3n) is 3.75. The molecule has 0 bridgehead atoms. The van der Waals surface area contributed by atoms with Crippen molar-refractivity contribution >= 4 is 40.8 Å². The van der Waals surface area contributed by atoms with Crippen molar-refractivity contribution < 1.29 is 19.2 Å². The molecule has 0 saturated heterocycles. The Bertz CT molecular complexity index is 873. The van der Waals surface area contributed by atoms with Crippen LogP contribution in [0.1, 0.15) is 11.1 Å². The summed E-state index contributed by atoms with van der Waals surface area (Å²) in [7, 11) is 1.21. The van der Waals surface area contributed by atoms with Gasteiger partial charge >= 0.3 is 5.97 Å². The summed E-state index contributed by atoms with van der Waals surface area (Å²) in [6.45, 7) is 0. The lowest BCUT2D eigenvalue weighted by Crippen LogP contribution is -2.43. The molecule has 0 saturated carbocycles. The molecule has 2 rings (SSSR count). The van der Waals surface area contributed by atoms with Gasteiger partial charge in [0.05, 0.1) is 18.5 Å². The SMILES string of the molecule is COC(=O)[C@@H](Cc1ccc(Cl)cc1Cl)NC(=O)Cc1cccc([N+](=O)[O-])c1. The van der Waals surface area contributed by atoms with Gasteiger partial charge < -0.3 is 10.1 Å². The minimum Gasteiger partial charge on any atom is -0.467 e. The van der Waals surface area contributed by atoms with E-state index in [-0.39, 0.29) is 18.5 Å². The quantitative estimate of drug-likeness (QED) is 0.428. The van der Waals surface area contributed by atoms with Gasteiger partial charge in [-0.25, -0.2) is 4.79 Å². The van der Waals surface area contributed by atoms with Crippen molar-refractivity contribution in [2.45, 2.75) is 18.9 Å². The third kappa shape index (κ3) is 5.94. The number of rotatable bonds is 7. The molecule has 2 aromatic carbocycles. The molecule has 1 atom stereocenters. The second kappa shape index (κ2) is 9.34. The van der Waals surface area contributed by atoms with Gasteiger partial charge in [-0.3, -0.25) is 14.9 Å². The molecule has 0 heterocycles. The van der Waals surface area contributed by atoms with Gasteiger partial charge in [-0.05, 0) is 23.3 Å². The van der Waals surface area contributed by atoms with Gasteiger partial charge in [0.15, 0.2) is 0 Å². The summed E-state index contributed by atoms with van der Waals surface area (Å²) >= 11 is 12.0. The van der Waals surface area contributed by atoms with Crippen molar-refractivity contribution in [1.82, 2.24) is 5.32 Å². The number of nitro benzene ring substituents is 1. The van der Waals surface area contributed by atoms with Crippen LogP contribution in [0.4, 0.5) is 5.69 Å². The topological polar surface area (TPSA) is 98.5 Å². The smallest absolute Gasteiger partial charge is 0.328 e. The summed E-state index contributed by atoms with van der Waals surface area (Å²) in [5, 5.41) is 14.2. The molecule has 27 heavy (non-hydrogen) atoms. The predicted octanol–water partition coefficient (Wildman–Crippen LogP) is 3.34. The van der Waals surface area contributed by atoms with Gasteiger partial charge in [0.1, 0.15) is 6.04 Å². The lowest BCUT2D eigenvalue weighted by atomic mass is 10.0. The second-order valence-corrected chi connectivity index (χ2v) is 6.53. The predicted molar refractivity (Wildman–Crippen MR) is 101 cm³/mol. The Hall–Kier alpha value is -2.64. The number of benzene rings is 2. The van der Waals surface area contributed by atoms with E-state index in [2.05, 4.69) is 5.32 Å². The first-order valence-corrected chi connectivity index (χ1v) is 8.60. The van der Waals surface area contributed by atoms with Gasteiger partial charge in [0.25, 0.3) is 5.69 Å². The maximum Gasteiger partial charge on any atom is 0.328 e. The number of nitrogens with zero attached hydrogens (tertiary/aromatic N) is 1. The lowest BCUT2D eigenvalue weighted by molar-refractivity contribution is -0.384. The maximum absolute atomic E-state index is 12.3. The first-order chi connectivity index (χ1) is 12.8.